The van der Waals surface area contributed by atoms with Crippen LogP contribution in [0.3, 0.4) is 0 Å². The summed E-state index contributed by atoms with van der Waals surface area (Å²) in [6, 6.07) is 15.3. The molecule has 1 aliphatic rings. The monoisotopic (exact) mass is 422 g/mol. The molecule has 2 aromatic carbocycles. The first-order chi connectivity index (χ1) is 14.3. The molecule has 0 amide bonds. The Labute approximate surface area is 181 Å². The number of nitrogens with one attached hydrogen (secondary N) is 1. The molecular formula is C23H26N4O2S. The fraction of sp³-hybridized carbons (Fsp3) is 0.348. The summed E-state index contributed by atoms with van der Waals surface area (Å²) in [5.41, 5.74) is 6.17. The molecule has 0 aliphatic carbocycles. The number of benzene rings is 2. The Morgan fingerprint density at radius 1 is 1.07 bits per heavy atom. The number of aromatic nitrogens is 3. The van der Waals surface area contributed by atoms with Crippen LogP contribution in [-0.2, 0) is 5.41 Å². The SMILES string of the molecule is COc1ccc([C@@H]2Nn3c(nnc3C(C)(C)C)S[C@@H]2C(=O)c2ccc(C)cc2)cc1. The summed E-state index contributed by atoms with van der Waals surface area (Å²) in [6.07, 6.45) is 0. The van der Waals surface area contributed by atoms with E-state index in [0.29, 0.717) is 10.7 Å². The van der Waals surface area contributed by atoms with E-state index in [2.05, 4.69) is 36.4 Å². The Balaban J connectivity index is 1.76. The van der Waals surface area contributed by atoms with E-state index in [1.807, 2.05) is 60.1 Å². The Morgan fingerprint density at radius 2 is 1.73 bits per heavy atom. The second-order valence-corrected chi connectivity index (χ2v) is 9.65. The number of aryl methyl sites for hydroxylation is 1. The number of methoxy groups -OCH3 is 1. The maximum absolute atomic E-state index is 13.5. The number of fused-ring (bicyclic) bond motifs is 1. The molecule has 30 heavy (non-hydrogen) atoms. The van der Waals surface area contributed by atoms with E-state index < -0.39 is 0 Å². The van der Waals surface area contributed by atoms with Crippen molar-refractivity contribution in [1.82, 2.24) is 14.9 Å². The van der Waals surface area contributed by atoms with E-state index in [1.165, 1.54) is 11.8 Å². The predicted molar refractivity (Wildman–Crippen MR) is 119 cm³/mol. The number of carbonyl (C=O) groups excluding carboxylic acids is 1. The first-order valence-electron chi connectivity index (χ1n) is 9.92. The van der Waals surface area contributed by atoms with E-state index in [4.69, 9.17) is 4.74 Å². The molecule has 2 heterocycles. The van der Waals surface area contributed by atoms with Crippen LogP contribution in [0.4, 0.5) is 0 Å². The number of carbonyl (C=O) groups is 1. The molecule has 0 saturated carbocycles. The molecule has 0 radical (unpaired) electrons. The fourth-order valence-corrected chi connectivity index (χ4v) is 4.64. The third-order valence-corrected chi connectivity index (χ3v) is 6.39. The van der Waals surface area contributed by atoms with E-state index in [9.17, 15) is 4.79 Å². The highest BCUT2D eigenvalue weighted by Gasteiger charge is 2.39. The molecule has 1 aliphatic heterocycles. The van der Waals surface area contributed by atoms with Crippen molar-refractivity contribution in [3.05, 3.63) is 71.0 Å². The minimum absolute atomic E-state index is 0.0693. The van der Waals surface area contributed by atoms with Crippen LogP contribution in [0, 0.1) is 6.92 Å². The lowest BCUT2D eigenvalue weighted by atomic mass is 9.95. The zero-order valence-electron chi connectivity index (χ0n) is 17.8. The van der Waals surface area contributed by atoms with Gasteiger partial charge < -0.3 is 10.2 Å². The molecular weight excluding hydrogens is 396 g/mol. The van der Waals surface area contributed by atoms with Gasteiger partial charge in [-0.25, -0.2) is 4.68 Å². The topological polar surface area (TPSA) is 69.0 Å². The van der Waals surface area contributed by atoms with Gasteiger partial charge in [-0.2, -0.15) is 0 Å². The van der Waals surface area contributed by atoms with Crippen molar-refractivity contribution in [3.63, 3.8) is 0 Å². The van der Waals surface area contributed by atoms with Gasteiger partial charge in [-0.1, -0.05) is 74.5 Å². The number of rotatable bonds is 4. The molecule has 1 N–H and O–H groups in total. The Hall–Kier alpha value is -2.80. The highest BCUT2D eigenvalue weighted by Crippen LogP contribution is 2.40. The smallest absolute Gasteiger partial charge is 0.210 e. The minimum Gasteiger partial charge on any atom is -0.497 e. The van der Waals surface area contributed by atoms with Gasteiger partial charge in [-0.15, -0.1) is 10.2 Å². The molecule has 156 valence electrons. The summed E-state index contributed by atoms with van der Waals surface area (Å²) in [5.74, 6) is 1.69. The van der Waals surface area contributed by atoms with Crippen molar-refractivity contribution in [2.75, 3.05) is 12.5 Å². The van der Waals surface area contributed by atoms with Crippen LogP contribution in [0.5, 0.6) is 5.75 Å². The lowest BCUT2D eigenvalue weighted by molar-refractivity contribution is 0.0980. The molecule has 3 aromatic rings. The van der Waals surface area contributed by atoms with Crippen LogP contribution in [0.15, 0.2) is 53.7 Å². The highest BCUT2D eigenvalue weighted by atomic mass is 32.2. The summed E-state index contributed by atoms with van der Waals surface area (Å²) < 4.78 is 7.23. The number of nitrogens with zero attached hydrogens (tertiary/aromatic N) is 3. The van der Waals surface area contributed by atoms with Crippen molar-refractivity contribution >= 4 is 17.5 Å². The summed E-state index contributed by atoms with van der Waals surface area (Å²) in [4.78, 5) is 13.5. The second-order valence-electron chi connectivity index (χ2n) is 8.54. The lowest BCUT2D eigenvalue weighted by Crippen LogP contribution is -2.40. The largest absolute Gasteiger partial charge is 0.497 e. The Bertz CT molecular complexity index is 1050. The lowest BCUT2D eigenvalue weighted by Gasteiger charge is -2.34. The van der Waals surface area contributed by atoms with E-state index >= 15 is 0 Å². The molecule has 4 rings (SSSR count). The molecule has 6 nitrogen and oxygen atoms in total. The van der Waals surface area contributed by atoms with E-state index in [0.717, 1.165) is 22.7 Å². The van der Waals surface area contributed by atoms with Crippen LogP contribution in [0.2, 0.25) is 0 Å². The molecule has 7 heteroatoms. The molecule has 0 spiro atoms. The molecule has 1 aromatic heterocycles. The Kier molecular flexibility index (Phi) is 5.32. The van der Waals surface area contributed by atoms with Crippen LogP contribution < -0.4 is 10.2 Å². The number of ketones is 1. The van der Waals surface area contributed by atoms with Crippen LogP contribution in [0.25, 0.3) is 0 Å². The molecule has 0 saturated heterocycles. The van der Waals surface area contributed by atoms with Crippen molar-refractivity contribution in [2.45, 2.75) is 49.6 Å². The normalized spacial score (nSPS) is 18.4. The molecule has 2 atom stereocenters. The van der Waals surface area contributed by atoms with Crippen LogP contribution in [0.1, 0.15) is 54.1 Å². The van der Waals surface area contributed by atoms with Gasteiger partial charge in [-0.05, 0) is 24.6 Å². The maximum atomic E-state index is 13.5. The fourth-order valence-electron chi connectivity index (χ4n) is 3.48. The van der Waals surface area contributed by atoms with Gasteiger partial charge in [0.15, 0.2) is 11.6 Å². The van der Waals surface area contributed by atoms with Crippen molar-refractivity contribution in [3.8, 4) is 5.75 Å². The Morgan fingerprint density at radius 3 is 2.33 bits per heavy atom. The summed E-state index contributed by atoms with van der Waals surface area (Å²) >= 11 is 1.46. The molecule has 0 fully saturated rings. The number of Topliss-reactive ketones (excluding diaryl/α,β-unsaturated/α-hetero) is 1. The average molecular weight is 423 g/mol. The molecule has 0 bridgehead atoms. The van der Waals surface area contributed by atoms with Gasteiger partial charge in [0.25, 0.3) is 0 Å². The maximum Gasteiger partial charge on any atom is 0.210 e. The summed E-state index contributed by atoms with van der Waals surface area (Å²) in [5, 5.41) is 9.10. The third-order valence-electron chi connectivity index (χ3n) is 5.18. The standard InChI is InChI=1S/C23H26N4O2S/c1-14-6-8-16(9-7-14)19(28)20-18(15-10-12-17(29-5)13-11-15)26-27-21(23(2,3)4)24-25-22(27)30-20/h6-13,18,20,26H,1-5H3/t18-,20-/m0/s1. The van der Waals surface area contributed by atoms with Gasteiger partial charge in [0.1, 0.15) is 11.0 Å². The predicted octanol–water partition coefficient (Wildman–Crippen LogP) is 4.53. The first-order valence-corrected chi connectivity index (χ1v) is 10.8. The second kappa shape index (κ2) is 7.80. The summed E-state index contributed by atoms with van der Waals surface area (Å²) in [6.45, 7) is 8.32. The number of ether oxygens (including phenoxy) is 1. The van der Waals surface area contributed by atoms with Gasteiger partial charge in [0.05, 0.1) is 13.2 Å². The zero-order valence-corrected chi connectivity index (χ0v) is 18.7. The minimum atomic E-state index is -0.370. The summed E-state index contributed by atoms with van der Waals surface area (Å²) in [7, 11) is 1.65. The van der Waals surface area contributed by atoms with Crippen LogP contribution in [-0.4, -0.2) is 33.0 Å². The van der Waals surface area contributed by atoms with Gasteiger partial charge in [-0.3, -0.25) is 4.79 Å². The van der Waals surface area contributed by atoms with Gasteiger partial charge >= 0.3 is 0 Å². The van der Waals surface area contributed by atoms with Crippen molar-refractivity contribution in [2.24, 2.45) is 0 Å². The molecule has 0 unspecified atom stereocenters. The number of thioether (sulfide) groups is 1. The quantitative estimate of drug-likeness (QED) is 0.623. The van der Waals surface area contributed by atoms with Crippen LogP contribution >= 0.6 is 11.8 Å². The van der Waals surface area contributed by atoms with Crippen molar-refractivity contribution in [1.29, 1.82) is 0 Å². The van der Waals surface area contributed by atoms with E-state index in [1.54, 1.807) is 7.11 Å². The van der Waals surface area contributed by atoms with Gasteiger partial charge in [0, 0.05) is 11.0 Å². The zero-order chi connectivity index (χ0) is 21.5. The van der Waals surface area contributed by atoms with E-state index in [-0.39, 0.29) is 22.5 Å². The van der Waals surface area contributed by atoms with Gasteiger partial charge in [0.2, 0.25) is 5.16 Å². The first kappa shape index (κ1) is 20.5. The highest BCUT2D eigenvalue weighted by molar-refractivity contribution is 8.00. The third kappa shape index (κ3) is 3.81. The number of hydrogen-bond acceptors (Lipinski definition) is 6. The van der Waals surface area contributed by atoms with Crippen molar-refractivity contribution < 1.29 is 9.53 Å². The number of hydrogen-bond donors (Lipinski definition) is 1. The average Bonchev–Trinajstić information content (AvgIpc) is 3.16.